The van der Waals surface area contributed by atoms with Gasteiger partial charge in [-0.2, -0.15) is 0 Å². The van der Waals surface area contributed by atoms with Crippen molar-refractivity contribution in [2.75, 3.05) is 4.43 Å². The van der Waals surface area contributed by atoms with Crippen LogP contribution >= 0.6 is 45.2 Å². The molecule has 0 bridgehead atoms. The van der Waals surface area contributed by atoms with Gasteiger partial charge in [-0.05, 0) is 58.3 Å². The van der Waals surface area contributed by atoms with E-state index in [0.29, 0.717) is 5.41 Å². The molecule has 0 heterocycles. The van der Waals surface area contributed by atoms with Crippen LogP contribution in [0.3, 0.4) is 0 Å². The largest absolute Gasteiger partial charge is 0.0837 e. The molecule has 0 aromatic heterocycles. The molecule has 2 heteroatoms. The van der Waals surface area contributed by atoms with Crippen molar-refractivity contribution in [1.82, 2.24) is 0 Å². The molecule has 0 saturated heterocycles. The molecule has 3 unspecified atom stereocenters. The van der Waals surface area contributed by atoms with Gasteiger partial charge in [-0.25, -0.2) is 0 Å². The Kier molecular flexibility index (Phi) is 4.44. The third-order valence-corrected chi connectivity index (χ3v) is 5.89. The summed E-state index contributed by atoms with van der Waals surface area (Å²) in [6.07, 6.45) is 10.9. The van der Waals surface area contributed by atoms with Crippen molar-refractivity contribution >= 4 is 45.2 Å². The highest BCUT2D eigenvalue weighted by Gasteiger charge is 2.48. The van der Waals surface area contributed by atoms with Gasteiger partial charge in [0.25, 0.3) is 0 Å². The third kappa shape index (κ3) is 2.53. The zero-order valence-corrected chi connectivity index (χ0v) is 15.0. The molecule has 17 heavy (non-hydrogen) atoms. The number of alkyl halides is 1. The first kappa shape index (κ1) is 14.1. The Hall–Kier alpha value is 0.680. The molecule has 2 aliphatic rings. The van der Waals surface area contributed by atoms with Crippen LogP contribution < -0.4 is 0 Å². The summed E-state index contributed by atoms with van der Waals surface area (Å²) in [7, 11) is 0. The van der Waals surface area contributed by atoms with E-state index in [2.05, 4.69) is 90.3 Å². The lowest BCUT2D eigenvalue weighted by Gasteiger charge is -2.28. The number of halogens is 2. The first-order valence-electron chi connectivity index (χ1n) is 6.29. The van der Waals surface area contributed by atoms with Crippen LogP contribution in [0.15, 0.2) is 33.5 Å². The van der Waals surface area contributed by atoms with Crippen molar-refractivity contribution in [3.63, 3.8) is 0 Å². The zero-order valence-electron chi connectivity index (χ0n) is 10.7. The van der Waals surface area contributed by atoms with Crippen LogP contribution in [0.2, 0.25) is 0 Å². The fourth-order valence-electron chi connectivity index (χ4n) is 3.31. The topological polar surface area (TPSA) is 0 Å². The lowest BCUT2D eigenvalue weighted by atomic mass is 9.77. The molecule has 1 saturated carbocycles. The Balaban J connectivity index is 2.36. The Morgan fingerprint density at radius 2 is 2.18 bits per heavy atom. The van der Waals surface area contributed by atoms with Crippen molar-refractivity contribution in [3.8, 4) is 0 Å². The van der Waals surface area contributed by atoms with E-state index in [-0.39, 0.29) is 0 Å². The monoisotopic (exact) mass is 454 g/mol. The van der Waals surface area contributed by atoms with Gasteiger partial charge < -0.3 is 0 Å². The maximum atomic E-state index is 2.47. The summed E-state index contributed by atoms with van der Waals surface area (Å²) in [5.41, 5.74) is 2.04. The van der Waals surface area contributed by atoms with E-state index < -0.39 is 0 Å². The van der Waals surface area contributed by atoms with Gasteiger partial charge in [0, 0.05) is 8.01 Å². The second kappa shape index (κ2) is 5.35. The van der Waals surface area contributed by atoms with Gasteiger partial charge in [0.15, 0.2) is 0 Å². The number of hydrogen-bond donors (Lipinski definition) is 0. The predicted octanol–water partition coefficient (Wildman–Crippen LogP) is 5.53. The second-order valence-electron chi connectivity index (χ2n) is 5.70. The summed E-state index contributed by atoms with van der Waals surface area (Å²) < 4.78 is 2.55. The highest BCUT2D eigenvalue weighted by Crippen LogP contribution is 2.57. The van der Waals surface area contributed by atoms with E-state index in [1.54, 1.807) is 5.57 Å². The van der Waals surface area contributed by atoms with E-state index in [1.807, 2.05) is 0 Å². The molecule has 0 N–H and O–H groups in total. The molecular weight excluding hydrogens is 434 g/mol. The summed E-state index contributed by atoms with van der Waals surface area (Å²) in [6.45, 7) is 7.27. The molecule has 0 aliphatic heterocycles. The minimum absolute atomic E-state index is 0.357. The van der Waals surface area contributed by atoms with Crippen molar-refractivity contribution in [3.05, 3.63) is 33.5 Å². The SMILES string of the molecule is CC1C(/C=C\CI)C2CC=C(I)C=C2C1(C)C. The fraction of sp³-hybridized carbons (Fsp3) is 0.600. The van der Waals surface area contributed by atoms with Gasteiger partial charge in [0.05, 0.1) is 0 Å². The van der Waals surface area contributed by atoms with E-state index in [1.165, 1.54) is 10.0 Å². The number of fused-ring (bicyclic) bond motifs is 1. The maximum absolute atomic E-state index is 2.47. The van der Waals surface area contributed by atoms with Crippen LogP contribution in [0.1, 0.15) is 27.2 Å². The van der Waals surface area contributed by atoms with Crippen molar-refractivity contribution in [2.45, 2.75) is 27.2 Å². The average Bonchev–Trinajstić information content (AvgIpc) is 2.47. The van der Waals surface area contributed by atoms with Gasteiger partial charge in [-0.1, -0.05) is 67.2 Å². The molecule has 0 nitrogen and oxygen atoms in total. The van der Waals surface area contributed by atoms with Gasteiger partial charge in [0.1, 0.15) is 0 Å². The van der Waals surface area contributed by atoms with Crippen LogP contribution in [-0.4, -0.2) is 4.43 Å². The molecule has 1 fully saturated rings. The first-order chi connectivity index (χ1) is 7.98. The van der Waals surface area contributed by atoms with Crippen molar-refractivity contribution in [2.24, 2.45) is 23.2 Å². The third-order valence-electron chi connectivity index (χ3n) is 4.63. The fourth-order valence-corrected chi connectivity index (χ4v) is 4.19. The molecular formula is C15H20I2. The van der Waals surface area contributed by atoms with Gasteiger partial charge in [-0.3, -0.25) is 0 Å². The number of allylic oxidation sites excluding steroid dienone is 6. The molecule has 2 aliphatic carbocycles. The molecule has 0 aromatic carbocycles. The zero-order chi connectivity index (χ0) is 12.6. The summed E-state index contributed by atoms with van der Waals surface area (Å²) >= 11 is 4.88. The van der Waals surface area contributed by atoms with E-state index in [0.717, 1.165) is 22.2 Å². The normalized spacial score (nSPS) is 35.7. The summed E-state index contributed by atoms with van der Waals surface area (Å²) in [6, 6.07) is 0. The predicted molar refractivity (Wildman–Crippen MR) is 92.8 cm³/mol. The summed E-state index contributed by atoms with van der Waals surface area (Å²) in [5, 5.41) is 0. The Bertz CT molecular complexity index is 388. The molecule has 0 spiro atoms. The maximum Gasteiger partial charge on any atom is 0.0176 e. The summed E-state index contributed by atoms with van der Waals surface area (Å²) in [5.74, 6) is 2.22. The van der Waals surface area contributed by atoms with Crippen molar-refractivity contribution < 1.29 is 0 Å². The van der Waals surface area contributed by atoms with Crippen molar-refractivity contribution in [1.29, 1.82) is 0 Å². The Labute approximate surface area is 132 Å². The molecule has 3 atom stereocenters. The smallest absolute Gasteiger partial charge is 0.0176 e. The highest BCUT2D eigenvalue weighted by atomic mass is 127. The molecule has 2 rings (SSSR count). The molecule has 0 aromatic rings. The first-order valence-corrected chi connectivity index (χ1v) is 8.89. The highest BCUT2D eigenvalue weighted by molar-refractivity contribution is 14.1. The Morgan fingerprint density at radius 3 is 2.82 bits per heavy atom. The number of hydrogen-bond acceptors (Lipinski definition) is 0. The minimum Gasteiger partial charge on any atom is -0.0837 e. The van der Waals surface area contributed by atoms with Gasteiger partial charge in [-0.15, -0.1) is 0 Å². The van der Waals surface area contributed by atoms with E-state index in [4.69, 9.17) is 0 Å². The van der Waals surface area contributed by atoms with Crippen LogP contribution in [0.4, 0.5) is 0 Å². The van der Waals surface area contributed by atoms with E-state index in [9.17, 15) is 0 Å². The number of rotatable bonds is 2. The average molecular weight is 454 g/mol. The van der Waals surface area contributed by atoms with Crippen LogP contribution in [0.5, 0.6) is 0 Å². The van der Waals surface area contributed by atoms with Gasteiger partial charge >= 0.3 is 0 Å². The Morgan fingerprint density at radius 1 is 1.47 bits per heavy atom. The van der Waals surface area contributed by atoms with Crippen LogP contribution in [0, 0.1) is 23.2 Å². The standard InChI is InChI=1S/C15H20I2/c1-10-12(5-4-8-16)13-7-6-11(17)9-14(13)15(10,2)3/h4-6,9-10,12-13H,7-8H2,1-3H3/b5-4-. The lowest BCUT2D eigenvalue weighted by Crippen LogP contribution is -2.19. The second-order valence-corrected chi connectivity index (χ2v) is 7.83. The minimum atomic E-state index is 0.357. The lowest BCUT2D eigenvalue weighted by molar-refractivity contribution is 0.287. The molecule has 0 amide bonds. The molecule has 0 radical (unpaired) electrons. The van der Waals surface area contributed by atoms with Crippen LogP contribution in [-0.2, 0) is 0 Å². The molecule has 94 valence electrons. The van der Waals surface area contributed by atoms with Crippen LogP contribution in [0.25, 0.3) is 0 Å². The summed E-state index contributed by atoms with van der Waals surface area (Å²) in [4.78, 5) is 0. The van der Waals surface area contributed by atoms with E-state index >= 15 is 0 Å². The quantitative estimate of drug-likeness (QED) is 0.292. The van der Waals surface area contributed by atoms with Gasteiger partial charge in [0.2, 0.25) is 0 Å².